The van der Waals surface area contributed by atoms with Gasteiger partial charge in [-0.15, -0.1) is 0 Å². The predicted molar refractivity (Wildman–Crippen MR) is 84.5 cm³/mol. The molecule has 0 atom stereocenters. The van der Waals surface area contributed by atoms with Crippen molar-refractivity contribution in [3.8, 4) is 0 Å². The van der Waals surface area contributed by atoms with E-state index in [1.165, 1.54) is 5.56 Å². The Labute approximate surface area is 127 Å². The molecule has 2 rings (SSSR count). The summed E-state index contributed by atoms with van der Waals surface area (Å²) in [5, 5.41) is 3.50. The van der Waals surface area contributed by atoms with Crippen molar-refractivity contribution in [2.75, 3.05) is 18.8 Å². The maximum Gasteiger partial charge on any atom is 0.214 e. The summed E-state index contributed by atoms with van der Waals surface area (Å²) in [6.07, 6.45) is 4.33. The van der Waals surface area contributed by atoms with Crippen LogP contribution in [0.4, 0.5) is 0 Å². The second kappa shape index (κ2) is 7.33. The van der Waals surface area contributed by atoms with Gasteiger partial charge in [-0.2, -0.15) is 0 Å². The molecule has 1 fully saturated rings. The molecule has 0 aliphatic carbocycles. The van der Waals surface area contributed by atoms with E-state index in [1.807, 2.05) is 26.1 Å². The number of aryl methyl sites for hydroxylation is 1. The fourth-order valence-electron chi connectivity index (χ4n) is 2.59. The van der Waals surface area contributed by atoms with Crippen molar-refractivity contribution < 1.29 is 8.42 Å². The zero-order valence-corrected chi connectivity index (χ0v) is 13.7. The third-order valence-electron chi connectivity index (χ3n) is 3.88. The molecule has 21 heavy (non-hydrogen) atoms. The van der Waals surface area contributed by atoms with Gasteiger partial charge in [-0.1, -0.05) is 13.0 Å². The molecular formula is C15H25N3O2S. The van der Waals surface area contributed by atoms with Gasteiger partial charge in [0.2, 0.25) is 10.0 Å². The largest absolute Gasteiger partial charge is 0.310 e. The topological polar surface area (TPSA) is 62.3 Å². The standard InChI is InChI=1S/C15H25N3O2S/c1-3-10-21(19,20)18-8-6-15(7-9-18)17-12-14-5-4-13(2)16-11-14/h4-5,11,15,17H,3,6-10,12H2,1-2H3. The highest BCUT2D eigenvalue weighted by Crippen LogP contribution is 2.15. The second-order valence-electron chi connectivity index (χ2n) is 5.68. The molecule has 1 aromatic rings. The van der Waals surface area contributed by atoms with E-state index in [1.54, 1.807) is 4.31 Å². The number of pyridine rings is 1. The van der Waals surface area contributed by atoms with E-state index in [-0.39, 0.29) is 5.75 Å². The van der Waals surface area contributed by atoms with Crippen molar-refractivity contribution in [3.05, 3.63) is 29.6 Å². The molecule has 1 saturated heterocycles. The molecule has 2 heterocycles. The molecule has 0 saturated carbocycles. The summed E-state index contributed by atoms with van der Waals surface area (Å²) >= 11 is 0. The van der Waals surface area contributed by atoms with Crippen molar-refractivity contribution in [2.24, 2.45) is 0 Å². The number of rotatable bonds is 6. The van der Waals surface area contributed by atoms with Gasteiger partial charge >= 0.3 is 0 Å². The van der Waals surface area contributed by atoms with Crippen molar-refractivity contribution >= 4 is 10.0 Å². The Morgan fingerprint density at radius 3 is 2.62 bits per heavy atom. The van der Waals surface area contributed by atoms with E-state index in [0.717, 1.165) is 25.1 Å². The quantitative estimate of drug-likeness (QED) is 0.868. The molecule has 0 bridgehead atoms. The average Bonchev–Trinajstić information content (AvgIpc) is 2.47. The Morgan fingerprint density at radius 1 is 1.33 bits per heavy atom. The maximum absolute atomic E-state index is 12.0. The van der Waals surface area contributed by atoms with Crippen molar-refractivity contribution in [3.63, 3.8) is 0 Å². The predicted octanol–water partition coefficient (Wildman–Crippen LogP) is 1.68. The molecular weight excluding hydrogens is 286 g/mol. The molecule has 0 radical (unpaired) electrons. The van der Waals surface area contributed by atoms with Crippen molar-refractivity contribution in [2.45, 2.75) is 45.7 Å². The van der Waals surface area contributed by atoms with E-state index >= 15 is 0 Å². The summed E-state index contributed by atoms with van der Waals surface area (Å²) in [4.78, 5) is 4.28. The van der Waals surface area contributed by atoms with Crippen LogP contribution in [0.25, 0.3) is 0 Å². The molecule has 5 nitrogen and oxygen atoms in total. The number of aromatic nitrogens is 1. The van der Waals surface area contributed by atoms with E-state index in [9.17, 15) is 8.42 Å². The van der Waals surface area contributed by atoms with Gasteiger partial charge in [0.1, 0.15) is 0 Å². The molecule has 1 aliphatic rings. The number of nitrogens with zero attached hydrogens (tertiary/aromatic N) is 2. The smallest absolute Gasteiger partial charge is 0.214 e. The minimum absolute atomic E-state index is 0.264. The zero-order chi connectivity index (χ0) is 15.3. The number of hydrogen-bond acceptors (Lipinski definition) is 4. The van der Waals surface area contributed by atoms with Crippen LogP contribution in [-0.2, 0) is 16.6 Å². The van der Waals surface area contributed by atoms with Crippen molar-refractivity contribution in [1.29, 1.82) is 0 Å². The van der Waals surface area contributed by atoms with Gasteiger partial charge in [0.25, 0.3) is 0 Å². The first kappa shape index (κ1) is 16.4. The number of sulfonamides is 1. The van der Waals surface area contributed by atoms with Gasteiger partial charge in [-0.05, 0) is 37.8 Å². The lowest BCUT2D eigenvalue weighted by Crippen LogP contribution is -2.45. The molecule has 1 aromatic heterocycles. The Bertz CT molecular complexity index is 535. The minimum Gasteiger partial charge on any atom is -0.310 e. The molecule has 0 unspecified atom stereocenters. The Hall–Kier alpha value is -0.980. The first-order valence-corrected chi connectivity index (χ1v) is 9.25. The van der Waals surface area contributed by atoms with Crippen LogP contribution in [0.2, 0.25) is 0 Å². The molecule has 0 spiro atoms. The molecule has 118 valence electrons. The summed E-state index contributed by atoms with van der Waals surface area (Å²) in [7, 11) is -3.03. The average molecular weight is 311 g/mol. The minimum atomic E-state index is -3.03. The van der Waals surface area contributed by atoms with E-state index in [2.05, 4.69) is 16.4 Å². The third-order valence-corrected chi connectivity index (χ3v) is 5.95. The number of piperidine rings is 1. The Balaban J connectivity index is 1.78. The van der Waals surface area contributed by atoms with E-state index < -0.39 is 10.0 Å². The van der Waals surface area contributed by atoms with E-state index in [0.29, 0.717) is 25.6 Å². The lowest BCUT2D eigenvalue weighted by molar-refractivity contribution is 0.288. The number of nitrogens with one attached hydrogen (secondary N) is 1. The highest BCUT2D eigenvalue weighted by Gasteiger charge is 2.26. The molecule has 0 amide bonds. The number of hydrogen-bond donors (Lipinski definition) is 1. The molecule has 0 aromatic carbocycles. The van der Waals surface area contributed by atoms with Crippen LogP contribution in [0.15, 0.2) is 18.3 Å². The summed E-state index contributed by atoms with van der Waals surface area (Å²) in [6.45, 7) is 5.93. The highest BCUT2D eigenvalue weighted by molar-refractivity contribution is 7.89. The first-order valence-electron chi connectivity index (χ1n) is 7.64. The Kier molecular flexibility index (Phi) is 5.72. The van der Waals surface area contributed by atoms with E-state index in [4.69, 9.17) is 0 Å². The van der Waals surface area contributed by atoms with Crippen molar-refractivity contribution in [1.82, 2.24) is 14.6 Å². The van der Waals surface area contributed by atoms with Gasteiger partial charge < -0.3 is 5.32 Å². The SMILES string of the molecule is CCCS(=O)(=O)N1CCC(NCc2ccc(C)nc2)CC1. The zero-order valence-electron chi connectivity index (χ0n) is 12.9. The van der Waals surface area contributed by atoms with Crippen LogP contribution < -0.4 is 5.32 Å². The lowest BCUT2D eigenvalue weighted by Gasteiger charge is -2.31. The van der Waals surface area contributed by atoms with Gasteiger partial charge in [-0.25, -0.2) is 12.7 Å². The molecule has 1 N–H and O–H groups in total. The summed E-state index contributed by atoms with van der Waals surface area (Å²) in [5.41, 5.74) is 2.19. The fourth-order valence-corrected chi connectivity index (χ4v) is 4.13. The first-order chi connectivity index (χ1) is 10.0. The van der Waals surface area contributed by atoms with Gasteiger partial charge in [0.15, 0.2) is 0 Å². The van der Waals surface area contributed by atoms with Crippen LogP contribution in [0.3, 0.4) is 0 Å². The Morgan fingerprint density at radius 2 is 2.05 bits per heavy atom. The normalized spacial score (nSPS) is 18.0. The van der Waals surface area contributed by atoms with Crippen LogP contribution >= 0.6 is 0 Å². The summed E-state index contributed by atoms with van der Waals surface area (Å²) < 4.78 is 25.6. The monoisotopic (exact) mass is 311 g/mol. The van der Waals surface area contributed by atoms with Gasteiger partial charge in [0, 0.05) is 37.6 Å². The molecule has 6 heteroatoms. The molecule has 1 aliphatic heterocycles. The van der Waals surface area contributed by atoms with Gasteiger partial charge in [-0.3, -0.25) is 4.98 Å². The van der Waals surface area contributed by atoms with Crippen LogP contribution in [-0.4, -0.2) is 42.6 Å². The highest BCUT2D eigenvalue weighted by atomic mass is 32.2. The maximum atomic E-state index is 12.0. The van der Waals surface area contributed by atoms with Crippen LogP contribution in [0.1, 0.15) is 37.4 Å². The fraction of sp³-hybridized carbons (Fsp3) is 0.667. The van der Waals surface area contributed by atoms with Crippen LogP contribution in [0, 0.1) is 6.92 Å². The lowest BCUT2D eigenvalue weighted by atomic mass is 10.1. The third kappa shape index (κ3) is 4.76. The van der Waals surface area contributed by atoms with Gasteiger partial charge in [0.05, 0.1) is 5.75 Å². The second-order valence-corrected chi connectivity index (χ2v) is 7.77. The summed E-state index contributed by atoms with van der Waals surface area (Å²) in [5.74, 6) is 0.264. The van der Waals surface area contributed by atoms with Crippen LogP contribution in [0.5, 0.6) is 0 Å². The summed E-state index contributed by atoms with van der Waals surface area (Å²) in [6, 6.07) is 4.48.